The monoisotopic (exact) mass is 408 g/mol. The van der Waals surface area contributed by atoms with Crippen molar-refractivity contribution >= 4 is 23.5 Å². The lowest BCUT2D eigenvalue weighted by Crippen LogP contribution is -2.50. The lowest BCUT2D eigenvalue weighted by molar-refractivity contribution is 0.208. The second kappa shape index (κ2) is 8.90. The number of carbonyl (C=O) groups is 1. The smallest absolute Gasteiger partial charge is 0.321 e. The summed E-state index contributed by atoms with van der Waals surface area (Å²) in [6.07, 6.45) is 3.76. The van der Waals surface area contributed by atoms with Gasteiger partial charge in [-0.1, -0.05) is 6.07 Å². The second-order valence-electron chi connectivity index (χ2n) is 8.42. The summed E-state index contributed by atoms with van der Waals surface area (Å²) in [5.74, 6) is 1.82. The number of nitrogens with one attached hydrogen (secondary N) is 1. The number of piperidine rings is 1. The number of nitrogens with zero attached hydrogens (tertiary/aromatic N) is 5. The SMILES string of the molecule is Cc1cc(N2CCCCC2)nc(N2CCN(C(=O)Nc3ccc(C)c(C)c3)CC2)n1. The molecular formula is C23H32N6O. The first-order valence-electron chi connectivity index (χ1n) is 11.0. The highest BCUT2D eigenvalue weighted by molar-refractivity contribution is 5.89. The number of piperazine rings is 1. The average Bonchev–Trinajstić information content (AvgIpc) is 2.76. The molecule has 30 heavy (non-hydrogen) atoms. The molecule has 2 aliphatic heterocycles. The number of aromatic nitrogens is 2. The Labute approximate surface area is 179 Å². The van der Waals surface area contributed by atoms with Crippen molar-refractivity contribution in [3.8, 4) is 0 Å². The van der Waals surface area contributed by atoms with Crippen LogP contribution in [0, 0.1) is 20.8 Å². The first-order valence-corrected chi connectivity index (χ1v) is 11.0. The van der Waals surface area contributed by atoms with E-state index in [0.29, 0.717) is 13.1 Å². The van der Waals surface area contributed by atoms with Crippen molar-refractivity contribution in [2.45, 2.75) is 40.0 Å². The van der Waals surface area contributed by atoms with Crippen LogP contribution in [0.1, 0.15) is 36.1 Å². The maximum absolute atomic E-state index is 12.7. The van der Waals surface area contributed by atoms with Gasteiger partial charge in [0, 0.05) is 56.7 Å². The lowest BCUT2D eigenvalue weighted by atomic mass is 10.1. The van der Waals surface area contributed by atoms with Crippen LogP contribution in [0.4, 0.5) is 22.2 Å². The third-order valence-electron chi connectivity index (χ3n) is 6.12. The molecule has 3 heterocycles. The van der Waals surface area contributed by atoms with Crippen LogP contribution in [0.25, 0.3) is 0 Å². The third kappa shape index (κ3) is 4.66. The molecule has 2 amide bonds. The number of urea groups is 1. The molecule has 0 spiro atoms. The number of hydrogen-bond donors (Lipinski definition) is 1. The topological polar surface area (TPSA) is 64.6 Å². The van der Waals surface area contributed by atoms with Crippen LogP contribution >= 0.6 is 0 Å². The predicted octanol–water partition coefficient (Wildman–Crippen LogP) is 3.75. The molecule has 2 saturated heterocycles. The Morgan fingerprint density at radius 2 is 1.57 bits per heavy atom. The van der Waals surface area contributed by atoms with E-state index in [1.165, 1.54) is 30.4 Å². The molecule has 0 saturated carbocycles. The van der Waals surface area contributed by atoms with Crippen molar-refractivity contribution in [2.75, 3.05) is 54.4 Å². The molecule has 1 N–H and O–H groups in total. The van der Waals surface area contributed by atoms with E-state index in [-0.39, 0.29) is 6.03 Å². The largest absolute Gasteiger partial charge is 0.356 e. The summed E-state index contributed by atoms with van der Waals surface area (Å²) < 4.78 is 0. The summed E-state index contributed by atoms with van der Waals surface area (Å²) in [5.41, 5.74) is 4.25. The van der Waals surface area contributed by atoms with E-state index < -0.39 is 0 Å². The Balaban J connectivity index is 1.37. The summed E-state index contributed by atoms with van der Waals surface area (Å²) >= 11 is 0. The van der Waals surface area contributed by atoms with Gasteiger partial charge in [-0.15, -0.1) is 0 Å². The van der Waals surface area contributed by atoms with Gasteiger partial charge in [0.1, 0.15) is 5.82 Å². The van der Waals surface area contributed by atoms with Crippen molar-refractivity contribution in [3.63, 3.8) is 0 Å². The Bertz CT molecular complexity index is 901. The standard InChI is InChI=1S/C23H32N6O/c1-17-7-8-20(15-18(17)2)25-23(30)29-13-11-28(12-14-29)22-24-19(3)16-21(26-22)27-9-5-4-6-10-27/h7-8,15-16H,4-6,9-14H2,1-3H3,(H,25,30). The number of rotatable bonds is 3. The number of carbonyl (C=O) groups excluding carboxylic acids is 1. The molecule has 1 aromatic carbocycles. The molecule has 7 nitrogen and oxygen atoms in total. The Morgan fingerprint density at radius 3 is 2.27 bits per heavy atom. The van der Waals surface area contributed by atoms with E-state index in [9.17, 15) is 4.79 Å². The van der Waals surface area contributed by atoms with Gasteiger partial charge in [-0.3, -0.25) is 0 Å². The molecule has 0 unspecified atom stereocenters. The zero-order chi connectivity index (χ0) is 21.1. The van der Waals surface area contributed by atoms with E-state index in [2.05, 4.69) is 40.0 Å². The molecule has 0 atom stereocenters. The van der Waals surface area contributed by atoms with Crippen molar-refractivity contribution in [2.24, 2.45) is 0 Å². The van der Waals surface area contributed by atoms with Crippen LogP contribution in [0.3, 0.4) is 0 Å². The number of aryl methyl sites for hydroxylation is 3. The maximum atomic E-state index is 12.7. The van der Waals surface area contributed by atoms with Crippen LogP contribution in [0.5, 0.6) is 0 Å². The minimum atomic E-state index is -0.0444. The van der Waals surface area contributed by atoms with E-state index in [0.717, 1.165) is 49.3 Å². The van der Waals surface area contributed by atoms with Crippen LogP contribution in [-0.2, 0) is 0 Å². The van der Waals surface area contributed by atoms with Gasteiger partial charge >= 0.3 is 6.03 Å². The quantitative estimate of drug-likeness (QED) is 0.838. The summed E-state index contributed by atoms with van der Waals surface area (Å²) in [7, 11) is 0. The number of amides is 2. The van der Waals surface area contributed by atoms with Crippen LogP contribution in [0.2, 0.25) is 0 Å². The van der Waals surface area contributed by atoms with Crippen LogP contribution < -0.4 is 15.1 Å². The van der Waals surface area contributed by atoms with Gasteiger partial charge in [-0.25, -0.2) is 9.78 Å². The van der Waals surface area contributed by atoms with E-state index >= 15 is 0 Å². The Kier molecular flexibility index (Phi) is 6.06. The molecule has 2 aromatic rings. The first kappa shape index (κ1) is 20.4. The van der Waals surface area contributed by atoms with Gasteiger partial charge < -0.3 is 20.0 Å². The van der Waals surface area contributed by atoms with E-state index in [4.69, 9.17) is 4.98 Å². The first-order chi connectivity index (χ1) is 14.5. The molecular weight excluding hydrogens is 376 g/mol. The number of benzene rings is 1. The molecule has 0 aliphatic carbocycles. The molecule has 0 bridgehead atoms. The fourth-order valence-electron chi connectivity index (χ4n) is 4.09. The maximum Gasteiger partial charge on any atom is 0.321 e. The molecule has 2 aliphatic rings. The Morgan fingerprint density at radius 1 is 0.833 bits per heavy atom. The highest BCUT2D eigenvalue weighted by atomic mass is 16.2. The van der Waals surface area contributed by atoms with E-state index in [1.54, 1.807) is 0 Å². The zero-order valence-electron chi connectivity index (χ0n) is 18.3. The van der Waals surface area contributed by atoms with Crippen molar-refractivity contribution < 1.29 is 4.79 Å². The van der Waals surface area contributed by atoms with Crippen LogP contribution in [-0.4, -0.2) is 60.2 Å². The summed E-state index contributed by atoms with van der Waals surface area (Å²) in [6, 6.07) is 8.06. The molecule has 2 fully saturated rings. The molecule has 0 radical (unpaired) electrons. The van der Waals surface area contributed by atoms with Gasteiger partial charge in [0.15, 0.2) is 0 Å². The highest BCUT2D eigenvalue weighted by Crippen LogP contribution is 2.22. The molecule has 1 aromatic heterocycles. The summed E-state index contributed by atoms with van der Waals surface area (Å²) in [4.78, 5) is 28.6. The highest BCUT2D eigenvalue weighted by Gasteiger charge is 2.24. The van der Waals surface area contributed by atoms with Gasteiger partial charge in [-0.2, -0.15) is 4.98 Å². The number of hydrogen-bond acceptors (Lipinski definition) is 5. The second-order valence-corrected chi connectivity index (χ2v) is 8.42. The molecule has 160 valence electrons. The van der Waals surface area contributed by atoms with Gasteiger partial charge in [0.05, 0.1) is 0 Å². The van der Waals surface area contributed by atoms with Gasteiger partial charge in [-0.05, 0) is 63.3 Å². The summed E-state index contributed by atoms with van der Waals surface area (Å²) in [6.45, 7) is 11.1. The van der Waals surface area contributed by atoms with Crippen molar-refractivity contribution in [3.05, 3.63) is 41.1 Å². The minimum absolute atomic E-state index is 0.0444. The number of anilines is 3. The lowest BCUT2D eigenvalue weighted by Gasteiger charge is -2.35. The minimum Gasteiger partial charge on any atom is -0.356 e. The van der Waals surface area contributed by atoms with Crippen LogP contribution in [0.15, 0.2) is 24.3 Å². The normalized spacial score (nSPS) is 17.2. The Hall–Kier alpha value is -2.83. The fourth-order valence-corrected chi connectivity index (χ4v) is 4.09. The van der Waals surface area contributed by atoms with Gasteiger partial charge in [0.25, 0.3) is 0 Å². The fraction of sp³-hybridized carbons (Fsp3) is 0.522. The zero-order valence-corrected chi connectivity index (χ0v) is 18.3. The van der Waals surface area contributed by atoms with Crippen molar-refractivity contribution in [1.29, 1.82) is 0 Å². The molecule has 7 heteroatoms. The predicted molar refractivity (Wildman–Crippen MR) is 122 cm³/mol. The molecule has 4 rings (SSSR count). The summed E-state index contributed by atoms with van der Waals surface area (Å²) in [5, 5.41) is 3.03. The average molecular weight is 409 g/mol. The van der Waals surface area contributed by atoms with E-state index in [1.807, 2.05) is 30.0 Å². The third-order valence-corrected chi connectivity index (χ3v) is 6.12. The van der Waals surface area contributed by atoms with Gasteiger partial charge in [0.2, 0.25) is 5.95 Å². The van der Waals surface area contributed by atoms with Crippen molar-refractivity contribution in [1.82, 2.24) is 14.9 Å².